The quantitative estimate of drug-likeness (QED) is 0.415. The zero-order valence-corrected chi connectivity index (χ0v) is 20.2. The van der Waals surface area contributed by atoms with E-state index >= 15 is 0 Å². The van der Waals surface area contributed by atoms with E-state index in [1.165, 1.54) is 7.11 Å². The lowest BCUT2D eigenvalue weighted by Gasteiger charge is -2.38. The second-order valence-corrected chi connectivity index (χ2v) is 10.7. The number of fused-ring (bicyclic) bond motifs is 3. The van der Waals surface area contributed by atoms with Crippen molar-refractivity contribution in [2.45, 2.75) is 37.1 Å². The van der Waals surface area contributed by atoms with Gasteiger partial charge < -0.3 is 15.2 Å². The molecule has 3 unspecified atom stereocenters. The van der Waals surface area contributed by atoms with Crippen molar-refractivity contribution in [3.63, 3.8) is 0 Å². The Labute approximate surface area is 200 Å². The van der Waals surface area contributed by atoms with Crippen LogP contribution in [0.3, 0.4) is 0 Å². The van der Waals surface area contributed by atoms with Crippen molar-refractivity contribution in [3.05, 3.63) is 89.0 Å². The summed E-state index contributed by atoms with van der Waals surface area (Å²) in [6.45, 7) is 3.87. The Morgan fingerprint density at radius 2 is 1.88 bits per heavy atom. The highest BCUT2D eigenvalue weighted by Crippen LogP contribution is 2.52. The number of phenolic OH excluding ortho intramolecular Hbond substituents is 1. The van der Waals surface area contributed by atoms with Gasteiger partial charge in [0.05, 0.1) is 23.7 Å². The highest BCUT2D eigenvalue weighted by atomic mass is 32.2. The highest BCUT2D eigenvalue weighted by Gasteiger charge is 2.39. The maximum Gasteiger partial charge on any atom is 0.261 e. The average molecular weight is 477 g/mol. The van der Waals surface area contributed by atoms with Crippen molar-refractivity contribution in [1.29, 1.82) is 0 Å². The molecule has 34 heavy (non-hydrogen) atoms. The Bertz CT molecular complexity index is 1400. The number of benzene rings is 3. The first kappa shape index (κ1) is 22.3. The second-order valence-electron chi connectivity index (χ2n) is 9.05. The summed E-state index contributed by atoms with van der Waals surface area (Å²) in [4.78, 5) is 0.231. The van der Waals surface area contributed by atoms with Gasteiger partial charge in [-0.15, -0.1) is 0 Å². The van der Waals surface area contributed by atoms with E-state index < -0.39 is 10.0 Å². The molecule has 1 aliphatic carbocycles. The monoisotopic (exact) mass is 476 g/mol. The van der Waals surface area contributed by atoms with Crippen molar-refractivity contribution >= 4 is 21.4 Å². The van der Waals surface area contributed by atoms with Gasteiger partial charge in [-0.2, -0.15) is 0 Å². The van der Waals surface area contributed by atoms with Gasteiger partial charge in [0, 0.05) is 17.2 Å². The van der Waals surface area contributed by atoms with Gasteiger partial charge in [-0.3, -0.25) is 4.72 Å². The summed E-state index contributed by atoms with van der Waals surface area (Å²) >= 11 is 0. The third-order valence-electron chi connectivity index (χ3n) is 6.86. The van der Waals surface area contributed by atoms with Gasteiger partial charge in [-0.25, -0.2) is 8.42 Å². The predicted octanol–water partition coefficient (Wildman–Crippen LogP) is 5.64. The minimum Gasteiger partial charge on any atom is -0.504 e. The molecule has 1 heterocycles. The third kappa shape index (κ3) is 3.80. The fourth-order valence-corrected chi connectivity index (χ4v) is 6.30. The Morgan fingerprint density at radius 3 is 2.65 bits per heavy atom. The smallest absolute Gasteiger partial charge is 0.261 e. The third-order valence-corrected chi connectivity index (χ3v) is 8.22. The normalized spacial score (nSPS) is 20.9. The molecule has 0 spiro atoms. The number of nitrogens with one attached hydrogen (secondary N) is 2. The van der Waals surface area contributed by atoms with Gasteiger partial charge in [0.1, 0.15) is 0 Å². The first-order chi connectivity index (χ1) is 16.3. The molecular formula is C27H28N2O4S. The first-order valence-corrected chi connectivity index (χ1v) is 12.8. The van der Waals surface area contributed by atoms with Crippen LogP contribution in [0.5, 0.6) is 11.5 Å². The summed E-state index contributed by atoms with van der Waals surface area (Å²) in [6.07, 6.45) is 5.10. The number of hydrogen-bond donors (Lipinski definition) is 3. The molecule has 0 saturated heterocycles. The van der Waals surface area contributed by atoms with Gasteiger partial charge in [-0.05, 0) is 67.6 Å². The number of aromatic hydroxyl groups is 1. The fraction of sp³-hybridized carbons (Fsp3) is 0.259. The van der Waals surface area contributed by atoms with E-state index in [0.29, 0.717) is 11.4 Å². The molecule has 5 rings (SSSR count). The van der Waals surface area contributed by atoms with Crippen LogP contribution in [0.2, 0.25) is 0 Å². The number of allylic oxidation sites excluding steroid dienone is 2. The molecule has 0 bridgehead atoms. The summed E-state index contributed by atoms with van der Waals surface area (Å²) in [7, 11) is -2.21. The zero-order chi connectivity index (χ0) is 24.0. The molecule has 3 N–H and O–H groups in total. The minimum atomic E-state index is -3.75. The molecule has 3 aromatic rings. The first-order valence-electron chi connectivity index (χ1n) is 11.3. The van der Waals surface area contributed by atoms with Crippen molar-refractivity contribution in [2.24, 2.45) is 5.92 Å². The van der Waals surface area contributed by atoms with Crippen LogP contribution in [0.4, 0.5) is 11.4 Å². The number of para-hydroxylation sites is 1. The van der Waals surface area contributed by atoms with E-state index in [9.17, 15) is 13.5 Å². The summed E-state index contributed by atoms with van der Waals surface area (Å²) in [6, 6.07) is 16.2. The number of methoxy groups -OCH3 is 1. The zero-order valence-electron chi connectivity index (χ0n) is 19.4. The molecule has 0 aromatic heterocycles. The van der Waals surface area contributed by atoms with Gasteiger partial charge in [-0.1, -0.05) is 42.0 Å². The lowest BCUT2D eigenvalue weighted by Crippen LogP contribution is -2.29. The van der Waals surface area contributed by atoms with Crippen LogP contribution in [0.25, 0.3) is 0 Å². The molecule has 2 aliphatic rings. The van der Waals surface area contributed by atoms with E-state index in [-0.39, 0.29) is 28.5 Å². The summed E-state index contributed by atoms with van der Waals surface area (Å²) in [5, 5.41) is 14.3. The van der Waals surface area contributed by atoms with Gasteiger partial charge in [0.25, 0.3) is 10.0 Å². The van der Waals surface area contributed by atoms with Crippen molar-refractivity contribution in [1.82, 2.24) is 0 Å². The van der Waals surface area contributed by atoms with Gasteiger partial charge >= 0.3 is 0 Å². The lowest BCUT2D eigenvalue weighted by molar-refractivity contribution is 0.358. The van der Waals surface area contributed by atoms with Crippen molar-refractivity contribution in [3.8, 4) is 11.5 Å². The summed E-state index contributed by atoms with van der Waals surface area (Å²) in [5.41, 5.74) is 5.12. The van der Waals surface area contributed by atoms with Gasteiger partial charge in [0.15, 0.2) is 11.5 Å². The SMILES string of the molecule is COc1cccc(C2Nc3ccc(S(=O)(=O)Nc4ccc(C)cc4C)cc3C3C=CCC32)c1O. The maximum atomic E-state index is 13.2. The molecule has 0 radical (unpaired) electrons. The topological polar surface area (TPSA) is 87.7 Å². The lowest BCUT2D eigenvalue weighted by atomic mass is 9.77. The van der Waals surface area contributed by atoms with Crippen LogP contribution in [-0.2, 0) is 10.0 Å². The Morgan fingerprint density at radius 1 is 1.06 bits per heavy atom. The van der Waals surface area contributed by atoms with Crippen LogP contribution in [-0.4, -0.2) is 20.6 Å². The number of sulfonamides is 1. The maximum absolute atomic E-state index is 13.2. The van der Waals surface area contributed by atoms with E-state index in [1.54, 1.807) is 24.3 Å². The predicted molar refractivity (Wildman–Crippen MR) is 134 cm³/mol. The molecule has 6 nitrogen and oxygen atoms in total. The Hall–Kier alpha value is -3.45. The van der Waals surface area contributed by atoms with E-state index in [1.807, 2.05) is 44.2 Å². The second kappa shape index (κ2) is 8.40. The van der Waals surface area contributed by atoms with Gasteiger partial charge in [0.2, 0.25) is 0 Å². The summed E-state index contributed by atoms with van der Waals surface area (Å²) < 4.78 is 34.5. The van der Waals surface area contributed by atoms with E-state index in [0.717, 1.165) is 34.4 Å². The Kier molecular flexibility index (Phi) is 5.52. The van der Waals surface area contributed by atoms with Crippen LogP contribution in [0, 0.1) is 19.8 Å². The molecule has 3 atom stereocenters. The molecule has 0 fully saturated rings. The average Bonchev–Trinajstić information content (AvgIpc) is 3.31. The standard InChI is InChI=1S/C27H28N2O4S/c1-16-10-12-23(17(2)14-16)29-34(31,32)18-11-13-24-22(15-18)19-6-4-7-20(19)26(28-24)21-8-5-9-25(33-3)27(21)30/h4-6,8-15,19-20,26,28-30H,7H2,1-3H3. The van der Waals surface area contributed by atoms with Crippen molar-refractivity contribution in [2.75, 3.05) is 17.1 Å². The largest absolute Gasteiger partial charge is 0.504 e. The molecule has 1 aliphatic heterocycles. The fourth-order valence-electron chi connectivity index (χ4n) is 5.13. The minimum absolute atomic E-state index is 0.0445. The van der Waals surface area contributed by atoms with Crippen LogP contribution in [0.15, 0.2) is 71.6 Å². The molecule has 7 heteroatoms. The number of rotatable bonds is 5. The molecule has 176 valence electrons. The Balaban J connectivity index is 1.50. The van der Waals surface area contributed by atoms with Crippen LogP contribution < -0.4 is 14.8 Å². The van der Waals surface area contributed by atoms with Crippen molar-refractivity contribution < 1.29 is 18.3 Å². The van der Waals surface area contributed by atoms with E-state index in [2.05, 4.69) is 22.2 Å². The number of anilines is 2. The number of phenols is 1. The number of ether oxygens (including phenoxy) is 1. The van der Waals surface area contributed by atoms with Crippen LogP contribution >= 0.6 is 0 Å². The molecule has 0 saturated carbocycles. The van der Waals surface area contributed by atoms with Crippen LogP contribution in [0.1, 0.15) is 40.6 Å². The highest BCUT2D eigenvalue weighted by molar-refractivity contribution is 7.92. The molecule has 0 amide bonds. The molecule has 3 aromatic carbocycles. The number of aryl methyl sites for hydroxylation is 2. The number of hydrogen-bond acceptors (Lipinski definition) is 5. The molecular weight excluding hydrogens is 448 g/mol. The van der Waals surface area contributed by atoms with E-state index in [4.69, 9.17) is 4.74 Å². The summed E-state index contributed by atoms with van der Waals surface area (Å²) in [5.74, 6) is 0.763.